The molecule has 6 atom stereocenters. The Kier molecular flexibility index (Phi) is 8.94. The van der Waals surface area contributed by atoms with Gasteiger partial charge in [0.2, 0.25) is 5.91 Å². The summed E-state index contributed by atoms with van der Waals surface area (Å²) in [5, 5.41) is 39.2. The number of nitrogens with two attached hydrogens (primary N) is 1. The lowest BCUT2D eigenvalue weighted by Gasteiger charge is -2.46. The molecule has 0 radical (unpaired) electrons. The van der Waals surface area contributed by atoms with Gasteiger partial charge in [-0.3, -0.25) is 14.9 Å². The molecule has 0 saturated carbocycles. The van der Waals surface area contributed by atoms with Crippen molar-refractivity contribution in [2.75, 3.05) is 13.1 Å². The van der Waals surface area contributed by atoms with Crippen LogP contribution in [0.2, 0.25) is 6.82 Å². The number of non-ortho nitro benzene ring substituents is 1. The first-order chi connectivity index (χ1) is 19.1. The molecular weight excluding hydrogens is 581 g/mol. The Labute approximate surface area is 240 Å². The monoisotopic (exact) mass is 611 g/mol. The summed E-state index contributed by atoms with van der Waals surface area (Å²) in [6, 6.07) is 3.61. The zero-order valence-corrected chi connectivity index (χ0v) is 24.0. The van der Waals surface area contributed by atoms with E-state index in [1.54, 1.807) is 6.92 Å². The number of esters is 2. The van der Waals surface area contributed by atoms with Crippen LogP contribution >= 0.6 is 11.8 Å². The van der Waals surface area contributed by atoms with Crippen molar-refractivity contribution < 1.29 is 42.6 Å². The SMILES string of the molecule is CB(O)N(C[C@@H]1CC(SC2=C(C(=O)OC(=O)c3ccc([N+](=O)[O-])cc3)N3C(=O)[C@H]([C@@H](C)O)[C@H]3[C@H]2C)CN1)S(N)(=O)=O. The maximum Gasteiger partial charge on any atom is 0.391 e. The first kappa shape index (κ1) is 31.1. The van der Waals surface area contributed by atoms with E-state index in [0.717, 1.165) is 28.5 Å². The molecule has 5 N–H and O–H groups in total. The molecule has 2 fully saturated rings. The average Bonchev–Trinajstić information content (AvgIpc) is 3.42. The molecule has 1 aromatic rings. The van der Waals surface area contributed by atoms with E-state index in [1.165, 1.54) is 30.4 Å². The molecule has 18 heteroatoms. The van der Waals surface area contributed by atoms with Gasteiger partial charge in [-0.1, -0.05) is 6.92 Å². The Morgan fingerprint density at radius 3 is 2.51 bits per heavy atom. The van der Waals surface area contributed by atoms with Gasteiger partial charge in [-0.25, -0.2) is 14.7 Å². The minimum absolute atomic E-state index is 0.0852. The molecule has 41 heavy (non-hydrogen) atoms. The Hall–Kier alpha value is -2.87. The van der Waals surface area contributed by atoms with Crippen LogP contribution in [0.25, 0.3) is 0 Å². The topological polar surface area (TPSA) is 223 Å². The number of carbonyl (C=O) groups is 3. The van der Waals surface area contributed by atoms with Gasteiger partial charge in [0.05, 0.1) is 28.6 Å². The molecule has 3 aliphatic heterocycles. The molecule has 222 valence electrons. The van der Waals surface area contributed by atoms with Crippen LogP contribution in [0.3, 0.4) is 0 Å². The van der Waals surface area contributed by atoms with Gasteiger partial charge in [0.1, 0.15) is 5.70 Å². The molecule has 0 spiro atoms. The minimum atomic E-state index is -4.16. The molecule has 0 aliphatic carbocycles. The molecule has 2 saturated heterocycles. The van der Waals surface area contributed by atoms with Gasteiger partial charge < -0.3 is 25.1 Å². The number of aliphatic hydroxyl groups excluding tert-OH is 1. The smallest absolute Gasteiger partial charge is 0.391 e. The normalized spacial score (nSPS) is 26.6. The number of carbonyl (C=O) groups excluding carboxylic acids is 3. The van der Waals surface area contributed by atoms with E-state index >= 15 is 0 Å². The number of benzene rings is 1. The van der Waals surface area contributed by atoms with Crippen molar-refractivity contribution in [2.45, 2.75) is 50.5 Å². The Morgan fingerprint density at radius 2 is 1.98 bits per heavy atom. The van der Waals surface area contributed by atoms with Crippen LogP contribution in [0.1, 0.15) is 30.6 Å². The lowest BCUT2D eigenvalue weighted by Crippen LogP contribution is -2.63. The van der Waals surface area contributed by atoms with Gasteiger partial charge in [-0.2, -0.15) is 12.6 Å². The third-order valence-corrected chi connectivity index (χ3v) is 10.0. The summed E-state index contributed by atoms with van der Waals surface area (Å²) >= 11 is 1.29. The highest BCUT2D eigenvalue weighted by Crippen LogP contribution is 2.52. The number of hydrogen-bond donors (Lipinski definition) is 4. The van der Waals surface area contributed by atoms with Crippen molar-refractivity contribution >= 4 is 52.6 Å². The number of fused-ring (bicyclic) bond motifs is 1. The average molecular weight is 611 g/mol. The van der Waals surface area contributed by atoms with Crippen molar-refractivity contribution in [3.63, 3.8) is 0 Å². The fraction of sp³-hybridized carbons (Fsp3) is 0.522. The zero-order chi connectivity index (χ0) is 30.4. The van der Waals surface area contributed by atoms with Crippen molar-refractivity contribution in [3.05, 3.63) is 50.5 Å². The van der Waals surface area contributed by atoms with Crippen molar-refractivity contribution in [1.82, 2.24) is 14.4 Å². The maximum atomic E-state index is 13.3. The number of β-lactam (4-membered cyclic amide) rings is 1. The summed E-state index contributed by atoms with van der Waals surface area (Å²) in [5.74, 6) is -3.74. The van der Waals surface area contributed by atoms with Crippen molar-refractivity contribution in [3.8, 4) is 0 Å². The highest BCUT2D eigenvalue weighted by molar-refractivity contribution is 8.03. The molecule has 4 rings (SSSR count). The number of rotatable bonds is 10. The molecule has 1 unspecified atom stereocenters. The summed E-state index contributed by atoms with van der Waals surface area (Å²) in [4.78, 5) is 51.0. The largest absolute Gasteiger partial charge is 0.437 e. The fourth-order valence-electron chi connectivity index (χ4n) is 5.46. The fourth-order valence-corrected chi connectivity index (χ4v) is 7.78. The third-order valence-electron chi connectivity index (χ3n) is 7.42. The van der Waals surface area contributed by atoms with Crippen molar-refractivity contribution in [2.24, 2.45) is 17.0 Å². The number of hydrogen-bond acceptors (Lipinski definition) is 12. The van der Waals surface area contributed by atoms with Crippen LogP contribution in [0.4, 0.5) is 5.69 Å². The summed E-state index contributed by atoms with van der Waals surface area (Å²) in [5.41, 5.74) is -0.456. The lowest BCUT2D eigenvalue weighted by atomic mass is 9.79. The predicted molar refractivity (Wildman–Crippen MR) is 147 cm³/mol. The Morgan fingerprint density at radius 1 is 1.34 bits per heavy atom. The van der Waals surface area contributed by atoms with Gasteiger partial charge in [0.25, 0.3) is 15.9 Å². The van der Waals surface area contributed by atoms with E-state index in [2.05, 4.69) is 5.32 Å². The zero-order valence-electron chi connectivity index (χ0n) is 22.4. The van der Waals surface area contributed by atoms with Crippen LogP contribution in [-0.4, -0.2) is 94.0 Å². The first-order valence-corrected chi connectivity index (χ1v) is 15.1. The van der Waals surface area contributed by atoms with Gasteiger partial charge in [0.15, 0.2) is 0 Å². The first-order valence-electron chi connectivity index (χ1n) is 12.8. The highest BCUT2D eigenvalue weighted by Gasteiger charge is 2.60. The minimum Gasteiger partial charge on any atom is -0.437 e. The van der Waals surface area contributed by atoms with E-state index in [0.29, 0.717) is 17.9 Å². The van der Waals surface area contributed by atoms with Crippen molar-refractivity contribution in [1.29, 1.82) is 0 Å². The molecule has 1 amide bonds. The second-order valence-electron chi connectivity index (χ2n) is 10.3. The highest BCUT2D eigenvalue weighted by atomic mass is 32.2. The van der Waals surface area contributed by atoms with E-state index in [1.807, 2.05) is 0 Å². The van der Waals surface area contributed by atoms with Crippen LogP contribution < -0.4 is 10.5 Å². The number of nitrogens with zero attached hydrogens (tertiary/aromatic N) is 3. The molecule has 15 nitrogen and oxygen atoms in total. The summed E-state index contributed by atoms with van der Waals surface area (Å²) < 4.78 is 29.6. The number of ether oxygens (including phenoxy) is 1. The number of nitrogens with one attached hydrogen (secondary N) is 1. The van der Waals surface area contributed by atoms with Gasteiger partial charge in [-0.15, -0.1) is 11.8 Å². The number of nitro groups is 1. The number of nitro benzene ring substituents is 1. The van der Waals surface area contributed by atoms with Gasteiger partial charge in [-0.05, 0) is 32.3 Å². The summed E-state index contributed by atoms with van der Waals surface area (Å²) in [6.07, 6.45) is -0.543. The molecule has 3 heterocycles. The lowest BCUT2D eigenvalue weighted by molar-refractivity contribution is -0.384. The second kappa shape index (κ2) is 11.8. The van der Waals surface area contributed by atoms with Crippen LogP contribution in [0.15, 0.2) is 34.9 Å². The second-order valence-corrected chi connectivity index (χ2v) is 13.1. The van der Waals surface area contributed by atoms with Crippen LogP contribution in [-0.2, 0) is 24.5 Å². The number of amides is 1. The van der Waals surface area contributed by atoms with Gasteiger partial charge in [0, 0.05) is 47.3 Å². The quantitative estimate of drug-likeness (QED) is 0.0652. The molecule has 0 bridgehead atoms. The Balaban J connectivity index is 1.55. The Bertz CT molecular complexity index is 1390. The maximum absolute atomic E-state index is 13.3. The third kappa shape index (κ3) is 6.18. The molecule has 3 aliphatic rings. The van der Waals surface area contributed by atoms with E-state index in [-0.39, 0.29) is 40.7 Å². The number of aliphatic hydroxyl groups is 1. The van der Waals surface area contributed by atoms with E-state index in [4.69, 9.17) is 9.88 Å². The predicted octanol–water partition coefficient (Wildman–Crippen LogP) is -0.573. The standard InChI is InChI=1S/C23H30BN5O10S2/c1-11-18-17(12(2)30)21(31)28(18)19(23(33)39-22(32)13-4-6-15(7-5-13)29(35)36)20(11)40-16-8-14(26-9-16)10-27(24(3)34)41(25,37)38/h4-7,11-12,14,16-18,26,30,34H,8-10H2,1-3H3,(H2,25,37,38)/t11-,12-,14+,16?,17-,18-/m1/s1. The molecule has 1 aromatic carbocycles. The number of thioether (sulfide) groups is 1. The molecule has 0 aromatic heterocycles. The van der Waals surface area contributed by atoms with Crippen LogP contribution in [0.5, 0.6) is 0 Å². The van der Waals surface area contributed by atoms with Crippen LogP contribution in [0, 0.1) is 22.0 Å². The summed E-state index contributed by atoms with van der Waals surface area (Å²) in [6.45, 7) is 4.89. The van der Waals surface area contributed by atoms with E-state index < -0.39 is 58.1 Å². The van der Waals surface area contributed by atoms with E-state index in [9.17, 15) is 43.0 Å². The molecular formula is C23H30BN5O10S2. The summed E-state index contributed by atoms with van der Waals surface area (Å²) in [7, 11) is -5.49. The van der Waals surface area contributed by atoms with Gasteiger partial charge >= 0.3 is 19.0 Å².